The molecule has 0 fully saturated rings. The summed E-state index contributed by atoms with van der Waals surface area (Å²) in [6, 6.07) is 0. The van der Waals surface area contributed by atoms with Gasteiger partial charge in [-0.05, 0) is 27.9 Å². The van der Waals surface area contributed by atoms with Crippen LogP contribution in [0.4, 0.5) is 5.82 Å². The van der Waals surface area contributed by atoms with Gasteiger partial charge in [0.25, 0.3) is 0 Å². The summed E-state index contributed by atoms with van der Waals surface area (Å²) in [7, 11) is 5.36. The van der Waals surface area contributed by atoms with E-state index in [1.807, 2.05) is 25.6 Å². The minimum Gasteiger partial charge on any atom is -0.464 e. The minimum atomic E-state index is -0.492. The van der Waals surface area contributed by atoms with Crippen molar-refractivity contribution >= 4 is 11.8 Å². The third-order valence-electron chi connectivity index (χ3n) is 3.54. The third kappa shape index (κ3) is 3.07. The van der Waals surface area contributed by atoms with Gasteiger partial charge in [0.1, 0.15) is 11.6 Å². The van der Waals surface area contributed by atoms with Crippen LogP contribution in [0, 0.1) is 0 Å². The predicted octanol–water partition coefficient (Wildman–Crippen LogP) is 1.15. The molecule has 0 bridgehead atoms. The summed E-state index contributed by atoms with van der Waals surface area (Å²) in [5, 5.41) is 0. The molecule has 0 saturated heterocycles. The van der Waals surface area contributed by atoms with Crippen molar-refractivity contribution < 1.29 is 9.53 Å². The molecule has 0 aliphatic rings. The Morgan fingerprint density at radius 2 is 2.05 bits per heavy atom. The molecule has 0 spiro atoms. The zero-order chi connectivity index (χ0) is 14.8. The fraction of sp³-hybridized carbons (Fsp3) is 0.692. The van der Waals surface area contributed by atoms with E-state index in [9.17, 15) is 4.79 Å². The van der Waals surface area contributed by atoms with Crippen LogP contribution in [0.1, 0.15) is 37.1 Å². The van der Waals surface area contributed by atoms with E-state index in [4.69, 9.17) is 10.5 Å². The Kier molecular flexibility index (Phi) is 4.57. The van der Waals surface area contributed by atoms with E-state index >= 15 is 0 Å². The van der Waals surface area contributed by atoms with E-state index in [1.165, 1.54) is 7.11 Å². The second-order valence-corrected chi connectivity index (χ2v) is 5.40. The van der Waals surface area contributed by atoms with Crippen molar-refractivity contribution in [1.29, 1.82) is 0 Å². The molecule has 6 nitrogen and oxygen atoms in total. The van der Waals surface area contributed by atoms with Crippen molar-refractivity contribution in [2.45, 2.75) is 39.3 Å². The highest BCUT2D eigenvalue weighted by Gasteiger charge is 2.26. The fourth-order valence-corrected chi connectivity index (χ4v) is 1.74. The molecule has 2 N–H and O–H groups in total. The highest BCUT2D eigenvalue weighted by Crippen LogP contribution is 2.21. The Labute approximate surface area is 114 Å². The highest BCUT2D eigenvalue weighted by atomic mass is 16.5. The van der Waals surface area contributed by atoms with Crippen LogP contribution in [0.25, 0.3) is 0 Å². The number of imidazole rings is 1. The fourth-order valence-electron chi connectivity index (χ4n) is 1.74. The number of nitrogens with two attached hydrogens (primary N) is 1. The van der Waals surface area contributed by atoms with Crippen molar-refractivity contribution in [2.24, 2.45) is 0 Å². The lowest BCUT2D eigenvalue weighted by atomic mass is 10.0. The Balaban J connectivity index is 3.20. The van der Waals surface area contributed by atoms with Crippen LogP contribution in [0.3, 0.4) is 0 Å². The molecule has 19 heavy (non-hydrogen) atoms. The van der Waals surface area contributed by atoms with Crippen molar-refractivity contribution in [3.63, 3.8) is 0 Å². The zero-order valence-corrected chi connectivity index (χ0v) is 12.6. The standard InChI is InChI=1S/C13H24N4O2/c1-7-9-15-10(12(18)19-6)11(14)17(9)8-13(2,3)16(4)5/h7-8,14H2,1-6H3. The number of methoxy groups -OCH3 is 1. The first-order valence-corrected chi connectivity index (χ1v) is 6.35. The van der Waals surface area contributed by atoms with Crippen LogP contribution in [-0.2, 0) is 17.7 Å². The third-order valence-corrected chi connectivity index (χ3v) is 3.54. The molecule has 0 amide bonds. The number of rotatable bonds is 5. The number of aryl methyl sites for hydroxylation is 1. The average Bonchev–Trinajstić information content (AvgIpc) is 2.65. The molecule has 0 saturated carbocycles. The monoisotopic (exact) mass is 268 g/mol. The van der Waals surface area contributed by atoms with E-state index in [0.717, 1.165) is 5.82 Å². The number of likely N-dealkylation sites (N-methyl/N-ethyl adjacent to an activating group) is 1. The Hall–Kier alpha value is -1.56. The normalized spacial score (nSPS) is 11.9. The van der Waals surface area contributed by atoms with Crippen molar-refractivity contribution in [3.05, 3.63) is 11.5 Å². The van der Waals surface area contributed by atoms with Gasteiger partial charge in [-0.3, -0.25) is 0 Å². The lowest BCUT2D eigenvalue weighted by Gasteiger charge is -2.33. The molecular formula is C13H24N4O2. The number of nitrogen functional groups attached to an aromatic ring is 1. The molecule has 1 aromatic rings. The predicted molar refractivity (Wildman–Crippen MR) is 75.1 cm³/mol. The molecule has 0 aromatic carbocycles. The topological polar surface area (TPSA) is 73.4 Å². The van der Waals surface area contributed by atoms with E-state index in [2.05, 4.69) is 23.7 Å². The second kappa shape index (κ2) is 5.61. The first-order valence-electron chi connectivity index (χ1n) is 6.35. The minimum absolute atomic E-state index is 0.0911. The molecule has 0 aliphatic heterocycles. The van der Waals surface area contributed by atoms with E-state index < -0.39 is 5.97 Å². The molecule has 1 rings (SSSR count). The maximum absolute atomic E-state index is 11.6. The van der Waals surface area contributed by atoms with Gasteiger partial charge in [0.05, 0.1) is 7.11 Å². The number of hydrogen-bond donors (Lipinski definition) is 1. The van der Waals surface area contributed by atoms with Gasteiger partial charge in [-0.25, -0.2) is 9.78 Å². The Morgan fingerprint density at radius 1 is 1.47 bits per heavy atom. The lowest BCUT2D eigenvalue weighted by Crippen LogP contribution is -2.42. The van der Waals surface area contributed by atoms with Gasteiger partial charge in [0.2, 0.25) is 0 Å². The smallest absolute Gasteiger partial charge is 0.360 e. The molecular weight excluding hydrogens is 244 g/mol. The van der Waals surface area contributed by atoms with Crippen molar-refractivity contribution in [2.75, 3.05) is 26.9 Å². The summed E-state index contributed by atoms with van der Waals surface area (Å²) < 4.78 is 6.60. The number of ether oxygens (including phenoxy) is 1. The SMILES string of the molecule is CCc1nc(C(=O)OC)c(N)n1CC(C)(C)N(C)C. The first-order chi connectivity index (χ1) is 8.74. The molecule has 0 atom stereocenters. The molecule has 0 aliphatic carbocycles. The summed E-state index contributed by atoms with van der Waals surface area (Å²) in [4.78, 5) is 18.0. The van der Waals surface area contributed by atoms with Gasteiger partial charge < -0.3 is 19.9 Å². The summed E-state index contributed by atoms with van der Waals surface area (Å²) in [5.41, 5.74) is 6.16. The summed E-state index contributed by atoms with van der Waals surface area (Å²) in [6.07, 6.45) is 0.713. The number of aromatic nitrogens is 2. The van der Waals surface area contributed by atoms with Crippen LogP contribution in [0.2, 0.25) is 0 Å². The molecule has 1 aromatic heterocycles. The van der Waals surface area contributed by atoms with Crippen LogP contribution < -0.4 is 5.73 Å². The maximum Gasteiger partial charge on any atom is 0.360 e. The Bertz CT molecular complexity index is 463. The lowest BCUT2D eigenvalue weighted by molar-refractivity contribution is 0.0595. The average molecular weight is 268 g/mol. The van der Waals surface area contributed by atoms with Gasteiger partial charge >= 0.3 is 5.97 Å². The largest absolute Gasteiger partial charge is 0.464 e. The molecule has 0 radical (unpaired) electrons. The van der Waals surface area contributed by atoms with Gasteiger partial charge in [-0.1, -0.05) is 6.92 Å². The van der Waals surface area contributed by atoms with Gasteiger partial charge in [0.15, 0.2) is 5.69 Å². The molecule has 0 unspecified atom stereocenters. The number of hydrogen-bond acceptors (Lipinski definition) is 5. The summed E-state index contributed by atoms with van der Waals surface area (Å²) in [5.74, 6) is 0.681. The number of esters is 1. The van der Waals surface area contributed by atoms with Crippen LogP contribution in [-0.4, -0.2) is 47.2 Å². The van der Waals surface area contributed by atoms with Crippen molar-refractivity contribution in [3.8, 4) is 0 Å². The highest BCUT2D eigenvalue weighted by molar-refractivity contribution is 5.92. The maximum atomic E-state index is 11.6. The second-order valence-electron chi connectivity index (χ2n) is 5.40. The number of nitrogens with zero attached hydrogens (tertiary/aromatic N) is 3. The van der Waals surface area contributed by atoms with E-state index in [1.54, 1.807) is 0 Å². The van der Waals surface area contributed by atoms with Crippen LogP contribution in [0.5, 0.6) is 0 Å². The molecule has 108 valence electrons. The van der Waals surface area contributed by atoms with Crippen LogP contribution >= 0.6 is 0 Å². The van der Waals surface area contributed by atoms with Crippen molar-refractivity contribution in [1.82, 2.24) is 14.5 Å². The Morgan fingerprint density at radius 3 is 2.47 bits per heavy atom. The number of carbonyl (C=O) groups is 1. The molecule has 6 heteroatoms. The first kappa shape index (κ1) is 15.5. The number of anilines is 1. The van der Waals surface area contributed by atoms with E-state index in [-0.39, 0.29) is 11.2 Å². The number of carbonyl (C=O) groups excluding carboxylic acids is 1. The van der Waals surface area contributed by atoms with Gasteiger partial charge in [0, 0.05) is 18.5 Å². The summed E-state index contributed by atoms with van der Waals surface area (Å²) >= 11 is 0. The van der Waals surface area contributed by atoms with Gasteiger partial charge in [-0.15, -0.1) is 0 Å². The van der Waals surface area contributed by atoms with Crippen LogP contribution in [0.15, 0.2) is 0 Å². The summed E-state index contributed by atoms with van der Waals surface area (Å²) in [6.45, 7) is 6.88. The molecule has 1 heterocycles. The van der Waals surface area contributed by atoms with Gasteiger partial charge in [-0.2, -0.15) is 0 Å². The quantitative estimate of drug-likeness (QED) is 0.811. The zero-order valence-electron chi connectivity index (χ0n) is 12.6. The van der Waals surface area contributed by atoms with E-state index in [0.29, 0.717) is 18.8 Å².